The molecule has 1 aliphatic heterocycles. The van der Waals surface area contributed by atoms with Crippen LogP contribution in [-0.2, 0) is 20.3 Å². The number of rotatable bonds is 9. The van der Waals surface area contributed by atoms with Crippen molar-refractivity contribution in [2.24, 2.45) is 5.92 Å². The van der Waals surface area contributed by atoms with Crippen LogP contribution in [0.3, 0.4) is 0 Å². The molecule has 1 fully saturated rings. The quantitative estimate of drug-likeness (QED) is 0.412. The molecule has 8 nitrogen and oxygen atoms in total. The third-order valence-corrected chi connectivity index (χ3v) is 7.03. The fraction of sp³-hybridized carbons (Fsp3) is 0.571. The second-order valence-electron chi connectivity index (χ2n) is 8.36. The number of benzene rings is 1. The standard InChI is InChI=1S/C21H32N6O2S.ClH/c1-5-10-25-11-13-26(14-12-25)20(15-17(2)3)21-22-23-24-27(21)16-30(28,29)19-8-6-18(4)7-9-19;/h5-9,17,20H,1,10-16H2,2-4H3;1H. The third kappa shape index (κ3) is 6.66. The van der Waals surface area contributed by atoms with Crippen LogP contribution in [0.2, 0.25) is 0 Å². The number of aromatic nitrogens is 4. The smallest absolute Gasteiger partial charge is 0.210 e. The second-order valence-corrected chi connectivity index (χ2v) is 10.3. The van der Waals surface area contributed by atoms with Crippen LogP contribution in [0.25, 0.3) is 0 Å². The Morgan fingerprint density at radius 2 is 1.84 bits per heavy atom. The Morgan fingerprint density at radius 3 is 2.42 bits per heavy atom. The van der Waals surface area contributed by atoms with Gasteiger partial charge in [-0.25, -0.2) is 0 Å². The van der Waals surface area contributed by atoms with E-state index in [4.69, 9.17) is 0 Å². The first-order chi connectivity index (χ1) is 14.3. The molecule has 0 aliphatic carbocycles. The molecule has 0 spiro atoms. The van der Waals surface area contributed by atoms with E-state index in [-0.39, 0.29) is 29.2 Å². The Hall–Kier alpha value is -1.65. The summed E-state index contributed by atoms with van der Waals surface area (Å²) in [5.74, 6) is 0.792. The average Bonchev–Trinajstić information content (AvgIpc) is 3.14. The molecular formula is C21H33ClN6O2S. The molecule has 1 aromatic carbocycles. The number of hydrogen-bond acceptors (Lipinski definition) is 7. The number of halogens is 1. The highest BCUT2D eigenvalue weighted by atomic mass is 35.5. The van der Waals surface area contributed by atoms with Crippen LogP contribution < -0.4 is 0 Å². The SMILES string of the molecule is C=CCN1CCN(C(CC(C)C)c2nnnn2C[S+](=O)([O-])c2ccc(C)cc2)CC1.Cl. The minimum Gasteiger partial charge on any atom is -0.609 e. The van der Waals surface area contributed by atoms with Crippen LogP contribution >= 0.6 is 12.4 Å². The summed E-state index contributed by atoms with van der Waals surface area (Å²) < 4.78 is 27.4. The first kappa shape index (κ1) is 25.6. The monoisotopic (exact) mass is 468 g/mol. The van der Waals surface area contributed by atoms with Crippen molar-refractivity contribution in [1.29, 1.82) is 0 Å². The van der Waals surface area contributed by atoms with Crippen LogP contribution in [0.4, 0.5) is 0 Å². The predicted octanol–water partition coefficient (Wildman–Crippen LogP) is 2.94. The highest BCUT2D eigenvalue weighted by Gasteiger charge is 2.32. The summed E-state index contributed by atoms with van der Waals surface area (Å²) in [6, 6.07) is 6.87. The fourth-order valence-electron chi connectivity index (χ4n) is 3.83. The Labute approximate surface area is 192 Å². The molecule has 31 heavy (non-hydrogen) atoms. The summed E-state index contributed by atoms with van der Waals surface area (Å²) in [5, 5.41) is 12.1. The van der Waals surface area contributed by atoms with Gasteiger partial charge in [0.25, 0.3) is 0 Å². The summed E-state index contributed by atoms with van der Waals surface area (Å²) in [6.45, 7) is 14.6. The van der Waals surface area contributed by atoms with Gasteiger partial charge < -0.3 is 4.55 Å². The molecule has 2 atom stereocenters. The highest BCUT2D eigenvalue weighted by molar-refractivity contribution is 7.96. The van der Waals surface area contributed by atoms with E-state index in [1.165, 1.54) is 4.68 Å². The van der Waals surface area contributed by atoms with Crippen molar-refractivity contribution >= 4 is 22.6 Å². The lowest BCUT2D eigenvalue weighted by atomic mass is 10.0. The topological polar surface area (TPSA) is 90.2 Å². The molecular weight excluding hydrogens is 436 g/mol. The lowest BCUT2D eigenvalue weighted by molar-refractivity contribution is 0.0867. The summed E-state index contributed by atoms with van der Waals surface area (Å²) in [5.41, 5.74) is 1.02. The first-order valence-corrected chi connectivity index (χ1v) is 12.1. The minimum absolute atomic E-state index is 0. The molecule has 10 heteroatoms. The van der Waals surface area contributed by atoms with Gasteiger partial charge >= 0.3 is 0 Å². The molecule has 0 N–H and O–H groups in total. The van der Waals surface area contributed by atoms with Crippen LogP contribution in [0.15, 0.2) is 41.8 Å². The predicted molar refractivity (Wildman–Crippen MR) is 124 cm³/mol. The van der Waals surface area contributed by atoms with Crippen LogP contribution in [0.1, 0.15) is 37.7 Å². The van der Waals surface area contributed by atoms with E-state index in [2.05, 4.69) is 45.8 Å². The number of nitrogens with zero attached hydrogens (tertiary/aromatic N) is 6. The summed E-state index contributed by atoms with van der Waals surface area (Å²) in [6.07, 6.45) is 2.80. The molecule has 3 rings (SSSR count). The largest absolute Gasteiger partial charge is 0.609 e. The van der Waals surface area contributed by atoms with Gasteiger partial charge in [0.2, 0.25) is 5.88 Å². The number of tetrazole rings is 1. The van der Waals surface area contributed by atoms with E-state index in [9.17, 15) is 8.76 Å². The molecule has 2 aromatic rings. The number of sulfone groups is 1. The lowest BCUT2D eigenvalue weighted by Gasteiger charge is -2.39. The van der Waals surface area contributed by atoms with Gasteiger partial charge in [0.15, 0.2) is 10.7 Å². The van der Waals surface area contributed by atoms with E-state index in [1.54, 1.807) is 24.3 Å². The van der Waals surface area contributed by atoms with Gasteiger partial charge in [0.05, 0.1) is 6.04 Å². The van der Waals surface area contributed by atoms with Gasteiger partial charge in [-0.05, 0) is 41.8 Å². The molecule has 172 valence electrons. The molecule has 0 amide bonds. The lowest BCUT2D eigenvalue weighted by Crippen LogP contribution is -2.48. The zero-order chi connectivity index (χ0) is 21.7. The van der Waals surface area contributed by atoms with Crippen LogP contribution in [0.5, 0.6) is 0 Å². The maximum absolute atomic E-state index is 13.0. The minimum atomic E-state index is -3.55. The normalized spacial score (nSPS) is 18.4. The molecule has 1 aliphatic rings. The van der Waals surface area contributed by atoms with Gasteiger partial charge in [0.1, 0.15) is 10.2 Å². The van der Waals surface area contributed by atoms with Crippen molar-refractivity contribution in [3.8, 4) is 0 Å². The first-order valence-electron chi connectivity index (χ1n) is 10.4. The number of hydrogen-bond donors (Lipinski definition) is 0. The Bertz CT molecular complexity index is 880. The molecule has 0 radical (unpaired) electrons. The summed E-state index contributed by atoms with van der Waals surface area (Å²) in [7, 11) is -3.55. The Morgan fingerprint density at radius 1 is 1.19 bits per heavy atom. The molecule has 1 saturated heterocycles. The van der Waals surface area contributed by atoms with Crippen LogP contribution in [0, 0.1) is 12.8 Å². The number of aryl methyl sites for hydroxylation is 1. The van der Waals surface area contributed by atoms with Crippen molar-refractivity contribution in [3.63, 3.8) is 0 Å². The van der Waals surface area contributed by atoms with Crippen molar-refractivity contribution < 1.29 is 8.76 Å². The second kappa shape index (κ2) is 11.3. The van der Waals surface area contributed by atoms with Gasteiger partial charge in [-0.2, -0.15) is 4.68 Å². The van der Waals surface area contributed by atoms with Crippen molar-refractivity contribution in [1.82, 2.24) is 30.0 Å². The maximum Gasteiger partial charge on any atom is 0.210 e. The van der Waals surface area contributed by atoms with E-state index >= 15 is 0 Å². The van der Waals surface area contributed by atoms with Gasteiger partial charge in [0, 0.05) is 32.7 Å². The van der Waals surface area contributed by atoms with E-state index < -0.39 is 10.2 Å². The molecule has 2 unspecified atom stereocenters. The zero-order valence-corrected chi connectivity index (χ0v) is 20.1. The van der Waals surface area contributed by atoms with Crippen molar-refractivity contribution in [3.05, 3.63) is 48.3 Å². The third-order valence-electron chi connectivity index (χ3n) is 5.46. The summed E-state index contributed by atoms with van der Waals surface area (Å²) >= 11 is 0. The maximum atomic E-state index is 13.0. The molecule has 2 heterocycles. The van der Waals surface area contributed by atoms with Crippen molar-refractivity contribution in [2.75, 3.05) is 32.7 Å². The van der Waals surface area contributed by atoms with E-state index in [0.29, 0.717) is 11.7 Å². The average molecular weight is 469 g/mol. The fourth-order valence-corrected chi connectivity index (χ4v) is 5.03. The molecule has 0 bridgehead atoms. The highest BCUT2D eigenvalue weighted by Crippen LogP contribution is 2.28. The molecule has 0 saturated carbocycles. The van der Waals surface area contributed by atoms with Gasteiger partial charge in [-0.3, -0.25) is 9.80 Å². The van der Waals surface area contributed by atoms with E-state index in [1.807, 2.05) is 13.0 Å². The summed E-state index contributed by atoms with van der Waals surface area (Å²) in [4.78, 5) is 5.02. The van der Waals surface area contributed by atoms with Crippen LogP contribution in [-0.4, -0.2) is 67.3 Å². The Kier molecular flexibility index (Phi) is 9.32. The van der Waals surface area contributed by atoms with Gasteiger partial charge in [-0.15, -0.1) is 28.3 Å². The van der Waals surface area contributed by atoms with Crippen molar-refractivity contribution in [2.45, 2.75) is 44.0 Å². The Balaban J connectivity index is 0.00000341. The number of piperazine rings is 1. The molecule has 1 aromatic heterocycles. The zero-order valence-electron chi connectivity index (χ0n) is 18.5. The van der Waals surface area contributed by atoms with E-state index in [0.717, 1.165) is 44.7 Å². The van der Waals surface area contributed by atoms with Gasteiger partial charge in [-0.1, -0.05) is 37.6 Å².